The van der Waals surface area contributed by atoms with Crippen molar-refractivity contribution >= 4 is 11.3 Å². The topological polar surface area (TPSA) is 12.0 Å². The summed E-state index contributed by atoms with van der Waals surface area (Å²) in [6, 6.07) is 7.62. The Morgan fingerprint density at radius 1 is 1.15 bits per heavy atom. The Bertz CT molecular complexity index is 589. The maximum Gasteiger partial charge on any atom is 0.128 e. The van der Waals surface area contributed by atoms with Crippen molar-refractivity contribution in [3.63, 3.8) is 0 Å². The lowest BCUT2D eigenvalue weighted by Crippen LogP contribution is -2.24. The lowest BCUT2D eigenvalue weighted by molar-refractivity contribution is 0.546. The Morgan fingerprint density at radius 2 is 1.90 bits per heavy atom. The minimum Gasteiger partial charge on any atom is -0.306 e. The van der Waals surface area contributed by atoms with Crippen LogP contribution in [0, 0.1) is 26.6 Å². The van der Waals surface area contributed by atoms with E-state index in [-0.39, 0.29) is 11.9 Å². The molecule has 1 atom stereocenters. The molecule has 2 aromatic rings. The third-order valence-electron chi connectivity index (χ3n) is 3.46. The van der Waals surface area contributed by atoms with E-state index in [1.54, 1.807) is 17.4 Å². The van der Waals surface area contributed by atoms with E-state index < -0.39 is 0 Å². The molecule has 1 aromatic heterocycles. The van der Waals surface area contributed by atoms with Gasteiger partial charge in [0.2, 0.25) is 0 Å². The van der Waals surface area contributed by atoms with Crippen LogP contribution in [-0.4, -0.2) is 6.54 Å². The second kappa shape index (κ2) is 6.51. The second-order valence-electron chi connectivity index (χ2n) is 5.28. The van der Waals surface area contributed by atoms with Crippen LogP contribution < -0.4 is 5.32 Å². The molecule has 0 spiro atoms. The van der Waals surface area contributed by atoms with Crippen molar-refractivity contribution in [3.05, 3.63) is 56.5 Å². The van der Waals surface area contributed by atoms with Gasteiger partial charge in [-0.2, -0.15) is 0 Å². The first kappa shape index (κ1) is 15.2. The molecule has 0 aliphatic rings. The molecule has 0 fully saturated rings. The van der Waals surface area contributed by atoms with Gasteiger partial charge in [0, 0.05) is 15.3 Å². The Hall–Kier alpha value is -1.19. The summed E-state index contributed by atoms with van der Waals surface area (Å²) in [5.74, 6) is -0.123. The average molecular weight is 291 g/mol. The molecule has 0 aliphatic carbocycles. The predicted octanol–water partition coefficient (Wildman–Crippen LogP) is 4.90. The molecule has 0 aliphatic heterocycles. The Labute approximate surface area is 124 Å². The van der Waals surface area contributed by atoms with E-state index in [2.05, 4.69) is 32.2 Å². The molecule has 0 amide bonds. The zero-order chi connectivity index (χ0) is 14.7. The maximum atomic E-state index is 14.3. The van der Waals surface area contributed by atoms with Crippen LogP contribution in [-0.2, 0) is 0 Å². The standard InChI is InChI=1S/C17H22FNS/c1-5-8-19-17(15-10-12(3)20-13(15)4)14-7-6-11(2)9-16(14)18/h6-7,9-10,17,19H,5,8H2,1-4H3. The van der Waals surface area contributed by atoms with Crippen molar-refractivity contribution < 1.29 is 4.39 Å². The number of aryl methyl sites for hydroxylation is 3. The van der Waals surface area contributed by atoms with Gasteiger partial charge in [-0.15, -0.1) is 11.3 Å². The zero-order valence-electron chi connectivity index (χ0n) is 12.6. The van der Waals surface area contributed by atoms with Crippen LogP contribution in [0.25, 0.3) is 0 Å². The maximum absolute atomic E-state index is 14.3. The molecule has 20 heavy (non-hydrogen) atoms. The Morgan fingerprint density at radius 3 is 2.45 bits per heavy atom. The number of halogens is 1. The minimum absolute atomic E-state index is 0.0551. The van der Waals surface area contributed by atoms with Gasteiger partial charge >= 0.3 is 0 Å². The summed E-state index contributed by atoms with van der Waals surface area (Å²) in [4.78, 5) is 2.53. The normalized spacial score (nSPS) is 12.7. The monoisotopic (exact) mass is 291 g/mol. The van der Waals surface area contributed by atoms with Crippen LogP contribution in [0.2, 0.25) is 0 Å². The quantitative estimate of drug-likeness (QED) is 0.826. The van der Waals surface area contributed by atoms with Gasteiger partial charge in [0.05, 0.1) is 6.04 Å². The van der Waals surface area contributed by atoms with Crippen LogP contribution in [0.3, 0.4) is 0 Å². The van der Waals surface area contributed by atoms with E-state index in [0.29, 0.717) is 0 Å². The third kappa shape index (κ3) is 3.28. The van der Waals surface area contributed by atoms with E-state index in [1.165, 1.54) is 15.3 Å². The van der Waals surface area contributed by atoms with E-state index in [0.717, 1.165) is 24.1 Å². The number of thiophene rings is 1. The molecule has 0 bridgehead atoms. The number of rotatable bonds is 5. The van der Waals surface area contributed by atoms with Gasteiger partial charge < -0.3 is 5.32 Å². The molecule has 0 saturated carbocycles. The summed E-state index contributed by atoms with van der Waals surface area (Å²) in [6.45, 7) is 9.14. The molecule has 0 radical (unpaired) electrons. The first-order valence-corrected chi connectivity index (χ1v) is 7.91. The van der Waals surface area contributed by atoms with Crippen molar-refractivity contribution in [2.75, 3.05) is 6.54 Å². The molecule has 2 rings (SSSR count). The highest BCUT2D eigenvalue weighted by Crippen LogP contribution is 2.32. The number of hydrogen-bond acceptors (Lipinski definition) is 2. The molecule has 1 N–H and O–H groups in total. The van der Waals surface area contributed by atoms with Gasteiger partial charge in [0.15, 0.2) is 0 Å². The van der Waals surface area contributed by atoms with Crippen LogP contribution in [0.5, 0.6) is 0 Å². The van der Waals surface area contributed by atoms with Crippen LogP contribution >= 0.6 is 11.3 Å². The van der Waals surface area contributed by atoms with E-state index in [4.69, 9.17) is 0 Å². The molecular formula is C17H22FNS. The predicted molar refractivity (Wildman–Crippen MR) is 85.1 cm³/mol. The highest BCUT2D eigenvalue weighted by molar-refractivity contribution is 7.12. The van der Waals surface area contributed by atoms with Crippen LogP contribution in [0.4, 0.5) is 4.39 Å². The van der Waals surface area contributed by atoms with Crippen molar-refractivity contribution in [2.24, 2.45) is 0 Å². The fraction of sp³-hybridized carbons (Fsp3) is 0.412. The van der Waals surface area contributed by atoms with Crippen molar-refractivity contribution in [1.82, 2.24) is 5.32 Å². The molecule has 1 unspecified atom stereocenters. The van der Waals surface area contributed by atoms with Gasteiger partial charge in [-0.25, -0.2) is 4.39 Å². The van der Waals surface area contributed by atoms with E-state index in [1.807, 2.05) is 19.1 Å². The molecule has 3 heteroatoms. The average Bonchev–Trinajstić information content (AvgIpc) is 2.71. The Balaban J connectivity index is 2.44. The molecule has 0 saturated heterocycles. The van der Waals surface area contributed by atoms with E-state index >= 15 is 0 Å². The number of nitrogens with one attached hydrogen (secondary N) is 1. The first-order chi connectivity index (χ1) is 9.52. The van der Waals surface area contributed by atoms with Crippen LogP contribution in [0.1, 0.15) is 45.8 Å². The van der Waals surface area contributed by atoms with E-state index in [9.17, 15) is 4.39 Å². The smallest absolute Gasteiger partial charge is 0.128 e. The molecule has 1 nitrogen and oxygen atoms in total. The second-order valence-corrected chi connectivity index (χ2v) is 6.74. The Kier molecular flexibility index (Phi) is 4.95. The largest absolute Gasteiger partial charge is 0.306 e. The summed E-state index contributed by atoms with van der Waals surface area (Å²) in [6.07, 6.45) is 1.03. The molecule has 1 aromatic carbocycles. The first-order valence-electron chi connectivity index (χ1n) is 7.09. The van der Waals surface area contributed by atoms with Gasteiger partial charge in [-0.05, 0) is 57.0 Å². The summed E-state index contributed by atoms with van der Waals surface area (Å²) >= 11 is 1.77. The molecule has 1 heterocycles. The number of benzene rings is 1. The fourth-order valence-corrected chi connectivity index (χ4v) is 3.44. The van der Waals surface area contributed by atoms with Crippen LogP contribution in [0.15, 0.2) is 24.3 Å². The summed E-state index contributed by atoms with van der Waals surface area (Å²) < 4.78 is 14.3. The van der Waals surface area contributed by atoms with Crippen molar-refractivity contribution in [1.29, 1.82) is 0 Å². The van der Waals surface area contributed by atoms with Crippen molar-refractivity contribution in [3.8, 4) is 0 Å². The highest BCUT2D eigenvalue weighted by atomic mass is 32.1. The lowest BCUT2D eigenvalue weighted by atomic mass is 9.97. The van der Waals surface area contributed by atoms with Gasteiger partial charge in [-0.3, -0.25) is 0 Å². The minimum atomic E-state index is -0.123. The number of hydrogen-bond donors (Lipinski definition) is 1. The summed E-state index contributed by atoms with van der Waals surface area (Å²) in [7, 11) is 0. The molecule has 108 valence electrons. The van der Waals surface area contributed by atoms with Crippen molar-refractivity contribution in [2.45, 2.75) is 40.2 Å². The fourth-order valence-electron chi connectivity index (χ4n) is 2.48. The van der Waals surface area contributed by atoms with Gasteiger partial charge in [-0.1, -0.05) is 19.1 Å². The van der Waals surface area contributed by atoms with Gasteiger partial charge in [0.25, 0.3) is 0 Å². The SMILES string of the molecule is CCCNC(c1ccc(C)cc1F)c1cc(C)sc1C. The molecular weight excluding hydrogens is 269 g/mol. The van der Waals surface area contributed by atoms with Gasteiger partial charge in [0.1, 0.15) is 5.82 Å². The highest BCUT2D eigenvalue weighted by Gasteiger charge is 2.20. The lowest BCUT2D eigenvalue weighted by Gasteiger charge is -2.20. The zero-order valence-corrected chi connectivity index (χ0v) is 13.4. The summed E-state index contributed by atoms with van der Waals surface area (Å²) in [5.41, 5.74) is 2.90. The third-order valence-corrected chi connectivity index (χ3v) is 4.44. The summed E-state index contributed by atoms with van der Waals surface area (Å²) in [5, 5.41) is 3.48.